The van der Waals surface area contributed by atoms with Crippen molar-refractivity contribution in [3.8, 4) is 0 Å². The fourth-order valence-corrected chi connectivity index (χ4v) is 0.0139. The summed E-state index contributed by atoms with van der Waals surface area (Å²) in [6, 6.07) is 0. The van der Waals surface area contributed by atoms with E-state index >= 15 is 0 Å². The van der Waals surface area contributed by atoms with Crippen LogP contribution in [0.15, 0.2) is 0 Å². The van der Waals surface area contributed by atoms with Crippen LogP contribution in [0.3, 0.4) is 0 Å². The third-order valence-corrected chi connectivity index (χ3v) is 0.0680. The van der Waals surface area contributed by atoms with Gasteiger partial charge in [0.25, 0.3) is 0 Å². The summed E-state index contributed by atoms with van der Waals surface area (Å²) in [5.74, 6) is 0. The predicted molar refractivity (Wildman–Crippen MR) is 8.55 cm³/mol. The van der Waals surface area contributed by atoms with E-state index in [4.69, 9.17) is 10.1 Å². The molecule has 0 saturated heterocycles. The molecule has 0 aliphatic rings. The van der Waals surface area contributed by atoms with Crippen molar-refractivity contribution in [3.63, 3.8) is 0 Å². The molecule has 0 aliphatic carbocycles. The Labute approximate surface area is 27.8 Å². The first-order valence-electron chi connectivity index (χ1n) is 0.742. The van der Waals surface area contributed by atoms with Gasteiger partial charge in [0.15, 0.2) is 0 Å². The summed E-state index contributed by atoms with van der Waals surface area (Å²) in [4.78, 5) is 11.7. The molecule has 0 amide bonds. The standard InChI is InChI=1S/CO4/c2-1-4-5-3. The Morgan fingerprint density at radius 2 is 2.20 bits per heavy atom. The summed E-state index contributed by atoms with van der Waals surface area (Å²) in [5.41, 5.74) is 0. The second-order valence-electron chi connectivity index (χ2n) is 0.235. The summed E-state index contributed by atoms with van der Waals surface area (Å²) in [6.45, 7) is 0.733. The van der Waals surface area contributed by atoms with Crippen molar-refractivity contribution in [1.29, 1.82) is 0 Å². The molecule has 0 unspecified atom stereocenters. The molecule has 28 valence electrons. The lowest BCUT2D eigenvalue weighted by molar-refractivity contribution is -0.490. The largest absolute Gasteiger partial charge is 0.456 e. The quantitative estimate of drug-likeness (QED) is 0.324. The second kappa shape index (κ2) is 3.39. The normalized spacial score (nSPS) is 6.60. The van der Waals surface area contributed by atoms with Crippen LogP contribution in [0.2, 0.25) is 0 Å². The molecule has 0 rings (SSSR count). The van der Waals surface area contributed by atoms with E-state index in [0.717, 1.165) is 6.47 Å². The third kappa shape index (κ3) is 3.39. The molecule has 0 aromatic carbocycles. The van der Waals surface area contributed by atoms with Crippen LogP contribution in [0.5, 0.6) is 0 Å². The number of carbonyl (C=O) groups excluding carboxylic acids is 1. The number of hydrogen-bond acceptors (Lipinski definition) is 3. The maximum absolute atomic E-state index is 8.73. The van der Waals surface area contributed by atoms with Crippen LogP contribution in [0.25, 0.3) is 0 Å². The van der Waals surface area contributed by atoms with Gasteiger partial charge in [0.1, 0.15) is 0 Å². The van der Waals surface area contributed by atoms with Crippen LogP contribution in [0.4, 0.5) is 0 Å². The molecule has 4 heteroatoms. The highest BCUT2D eigenvalue weighted by molar-refractivity contribution is 5.36. The Hall–Kier alpha value is -0.610. The van der Waals surface area contributed by atoms with E-state index in [9.17, 15) is 0 Å². The molecule has 5 heavy (non-hydrogen) atoms. The van der Waals surface area contributed by atoms with E-state index in [-0.39, 0.29) is 0 Å². The zero-order chi connectivity index (χ0) is 4.12. The molecule has 4 nitrogen and oxygen atoms in total. The van der Waals surface area contributed by atoms with E-state index in [0.29, 0.717) is 0 Å². The average Bonchev–Trinajstić information content (AvgIpc) is 1.41. The molecule has 0 bridgehead atoms. The molecule has 0 heterocycles. The summed E-state index contributed by atoms with van der Waals surface area (Å²) >= 11 is 0. The third-order valence-electron chi connectivity index (χ3n) is 0.0680. The second-order valence-corrected chi connectivity index (χ2v) is 0.235. The molecule has 2 radical (unpaired) electrons. The van der Waals surface area contributed by atoms with Gasteiger partial charge in [0.2, 0.25) is 0 Å². The average molecular weight is 76.0 g/mol. The van der Waals surface area contributed by atoms with Crippen LogP contribution >= 0.6 is 0 Å². The van der Waals surface area contributed by atoms with Gasteiger partial charge < -0.3 is 0 Å². The summed E-state index contributed by atoms with van der Waals surface area (Å²) in [6.07, 6.45) is 0. The molecule has 0 spiro atoms. The Morgan fingerprint density at radius 3 is 2.20 bits per heavy atom. The van der Waals surface area contributed by atoms with Gasteiger partial charge in [-0.05, 0) is 0 Å². The Kier molecular flexibility index (Phi) is 2.98. The lowest BCUT2D eigenvalue weighted by Gasteiger charge is -1.69. The van der Waals surface area contributed by atoms with E-state index in [1.165, 1.54) is 0 Å². The van der Waals surface area contributed by atoms with E-state index in [1.54, 1.807) is 0 Å². The predicted octanol–water partition coefficient (Wildman–Crippen LogP) is -0.653. The van der Waals surface area contributed by atoms with Gasteiger partial charge in [-0.3, -0.25) is 4.89 Å². The van der Waals surface area contributed by atoms with Crippen molar-refractivity contribution in [2.24, 2.45) is 0 Å². The summed E-state index contributed by atoms with van der Waals surface area (Å²) in [7, 11) is 0. The highest BCUT2D eigenvalue weighted by Crippen LogP contribution is 1.56. The topological polar surface area (TPSA) is 55.4 Å². The lowest BCUT2D eigenvalue weighted by Crippen LogP contribution is -1.79. The molecule has 0 N–H and O–H groups in total. The smallest absolute Gasteiger partial charge is 0.253 e. The first kappa shape index (κ1) is 4.39. The van der Waals surface area contributed by atoms with Crippen LogP contribution < -0.4 is 0 Å². The monoisotopic (exact) mass is 76.0 g/mol. The molecule has 0 atom stereocenters. The molecule has 0 aromatic heterocycles. The molecular weight excluding hydrogens is 76.0 g/mol. The van der Waals surface area contributed by atoms with Gasteiger partial charge in [-0.1, -0.05) is 0 Å². The van der Waals surface area contributed by atoms with Crippen LogP contribution in [0.1, 0.15) is 0 Å². The van der Waals surface area contributed by atoms with Gasteiger partial charge >= 0.3 is 6.47 Å². The SMILES string of the molecule is [O]OO[C]=O. The Morgan fingerprint density at radius 1 is 1.60 bits per heavy atom. The Balaban J connectivity index is 2.40. The highest BCUT2D eigenvalue weighted by Gasteiger charge is 1.70. The van der Waals surface area contributed by atoms with E-state index in [1.807, 2.05) is 0 Å². The van der Waals surface area contributed by atoms with E-state index in [2.05, 4.69) is 9.93 Å². The van der Waals surface area contributed by atoms with Crippen molar-refractivity contribution < 1.29 is 20.0 Å². The number of hydrogen-bond donors (Lipinski definition) is 0. The van der Waals surface area contributed by atoms with Crippen molar-refractivity contribution in [2.75, 3.05) is 0 Å². The van der Waals surface area contributed by atoms with Gasteiger partial charge in [-0.25, -0.2) is 4.79 Å². The zero-order valence-corrected chi connectivity index (χ0v) is 2.13. The fraction of sp³-hybridized carbons (Fsp3) is 0. The molecule has 0 aliphatic heterocycles. The fourth-order valence-electron chi connectivity index (χ4n) is 0.0139. The van der Waals surface area contributed by atoms with E-state index < -0.39 is 0 Å². The zero-order valence-electron chi connectivity index (χ0n) is 2.13. The summed E-state index contributed by atoms with van der Waals surface area (Å²) < 4.78 is 0. The van der Waals surface area contributed by atoms with Crippen molar-refractivity contribution in [3.05, 3.63) is 0 Å². The van der Waals surface area contributed by atoms with Crippen molar-refractivity contribution in [2.45, 2.75) is 0 Å². The van der Waals surface area contributed by atoms with Crippen LogP contribution in [-0.2, 0) is 20.0 Å². The first-order valence-corrected chi connectivity index (χ1v) is 0.742. The van der Waals surface area contributed by atoms with Crippen LogP contribution in [0, 0.1) is 0 Å². The van der Waals surface area contributed by atoms with Gasteiger partial charge in [-0.2, -0.15) is 0 Å². The summed E-state index contributed by atoms with van der Waals surface area (Å²) in [5, 5.41) is 11.1. The molecule has 0 aromatic rings. The van der Waals surface area contributed by atoms with Gasteiger partial charge in [0.05, 0.1) is 0 Å². The highest BCUT2D eigenvalue weighted by atomic mass is 17.5. The molecular formula is CO4. The Bertz CT molecular complexity index is 24.8. The lowest BCUT2D eigenvalue weighted by atomic mass is 11.7. The number of rotatable bonds is 2. The van der Waals surface area contributed by atoms with Crippen LogP contribution in [-0.4, -0.2) is 6.47 Å². The van der Waals surface area contributed by atoms with Crippen molar-refractivity contribution >= 4 is 6.47 Å². The molecule has 0 fully saturated rings. The maximum atomic E-state index is 8.73. The molecule has 0 saturated carbocycles. The first-order chi connectivity index (χ1) is 2.41. The van der Waals surface area contributed by atoms with Gasteiger partial charge in [0, 0.05) is 10.3 Å². The van der Waals surface area contributed by atoms with Crippen molar-refractivity contribution in [1.82, 2.24) is 0 Å². The maximum Gasteiger partial charge on any atom is 0.456 e. The minimum Gasteiger partial charge on any atom is -0.253 e. The van der Waals surface area contributed by atoms with Gasteiger partial charge in [-0.15, -0.1) is 0 Å². The minimum absolute atomic E-state index is 0.733. The minimum atomic E-state index is 0.733.